The van der Waals surface area contributed by atoms with Crippen LogP contribution in [0.15, 0.2) is 24.4 Å². The molecular formula is C15H17FN2O2. The van der Waals surface area contributed by atoms with Gasteiger partial charge in [0.05, 0.1) is 11.4 Å². The first-order chi connectivity index (χ1) is 9.61. The topological polar surface area (TPSA) is 55.1 Å². The standard InChI is InChI=1S/C15H17FN2O2/c16-13-5-6-14-12(7-13)9-18(17-14)8-10-1-3-11(4-2-10)15(19)20/h5-7,9-11H,1-4,8H2,(H,19,20). The molecule has 0 amide bonds. The van der Waals surface area contributed by atoms with Crippen LogP contribution in [0.25, 0.3) is 10.9 Å². The highest BCUT2D eigenvalue weighted by Crippen LogP contribution is 2.30. The molecule has 0 spiro atoms. The van der Waals surface area contributed by atoms with Crippen molar-refractivity contribution in [2.75, 3.05) is 0 Å². The minimum Gasteiger partial charge on any atom is -0.481 e. The number of carboxylic acids is 1. The molecule has 0 saturated heterocycles. The van der Waals surface area contributed by atoms with Gasteiger partial charge < -0.3 is 5.11 Å². The van der Waals surface area contributed by atoms with Crippen LogP contribution in [0.4, 0.5) is 4.39 Å². The molecule has 3 rings (SSSR count). The van der Waals surface area contributed by atoms with Gasteiger partial charge in [-0.25, -0.2) is 4.39 Å². The van der Waals surface area contributed by atoms with E-state index in [1.54, 1.807) is 6.07 Å². The molecule has 1 fully saturated rings. The maximum absolute atomic E-state index is 13.1. The first kappa shape index (κ1) is 13.1. The van der Waals surface area contributed by atoms with E-state index >= 15 is 0 Å². The Bertz CT molecular complexity index is 630. The number of fused-ring (bicyclic) bond motifs is 1. The lowest BCUT2D eigenvalue weighted by Crippen LogP contribution is -2.23. The summed E-state index contributed by atoms with van der Waals surface area (Å²) in [6, 6.07) is 4.58. The van der Waals surface area contributed by atoms with Gasteiger partial charge in [-0.2, -0.15) is 5.10 Å². The number of aliphatic carboxylic acids is 1. The van der Waals surface area contributed by atoms with Crippen molar-refractivity contribution in [1.29, 1.82) is 0 Å². The number of rotatable bonds is 3. The van der Waals surface area contributed by atoms with E-state index in [4.69, 9.17) is 5.11 Å². The first-order valence-electron chi connectivity index (χ1n) is 6.97. The van der Waals surface area contributed by atoms with Gasteiger partial charge >= 0.3 is 5.97 Å². The molecule has 1 aromatic heterocycles. The van der Waals surface area contributed by atoms with Crippen LogP contribution in [-0.2, 0) is 11.3 Å². The Morgan fingerprint density at radius 2 is 2.10 bits per heavy atom. The lowest BCUT2D eigenvalue weighted by Gasteiger charge is -2.25. The van der Waals surface area contributed by atoms with Crippen molar-refractivity contribution in [3.63, 3.8) is 0 Å². The van der Waals surface area contributed by atoms with Gasteiger partial charge in [0.2, 0.25) is 0 Å². The Morgan fingerprint density at radius 1 is 1.35 bits per heavy atom. The van der Waals surface area contributed by atoms with Crippen molar-refractivity contribution in [1.82, 2.24) is 9.78 Å². The maximum atomic E-state index is 13.1. The minimum atomic E-state index is -0.677. The zero-order chi connectivity index (χ0) is 14.1. The summed E-state index contributed by atoms with van der Waals surface area (Å²) in [5.74, 6) is -0.649. The summed E-state index contributed by atoms with van der Waals surface area (Å²) < 4.78 is 15.0. The van der Waals surface area contributed by atoms with Crippen LogP contribution >= 0.6 is 0 Å². The normalized spacial score (nSPS) is 23.1. The molecule has 1 aliphatic carbocycles. The predicted molar refractivity (Wildman–Crippen MR) is 72.8 cm³/mol. The molecule has 1 aliphatic rings. The van der Waals surface area contributed by atoms with Gasteiger partial charge in [0.25, 0.3) is 0 Å². The molecule has 20 heavy (non-hydrogen) atoms. The van der Waals surface area contributed by atoms with Gasteiger partial charge in [-0.05, 0) is 49.8 Å². The Labute approximate surface area is 116 Å². The maximum Gasteiger partial charge on any atom is 0.306 e. The van der Waals surface area contributed by atoms with Crippen LogP contribution in [0.2, 0.25) is 0 Å². The Morgan fingerprint density at radius 3 is 2.80 bits per heavy atom. The highest BCUT2D eigenvalue weighted by atomic mass is 19.1. The molecule has 1 aromatic carbocycles. The van der Waals surface area contributed by atoms with E-state index in [2.05, 4.69) is 5.10 Å². The third-order valence-electron chi connectivity index (χ3n) is 4.16. The summed E-state index contributed by atoms with van der Waals surface area (Å²) in [5, 5.41) is 14.2. The lowest BCUT2D eigenvalue weighted by molar-refractivity contribution is -0.143. The quantitative estimate of drug-likeness (QED) is 0.937. The van der Waals surface area contributed by atoms with E-state index in [-0.39, 0.29) is 11.7 Å². The second kappa shape index (κ2) is 5.23. The molecule has 1 heterocycles. The average Bonchev–Trinajstić information content (AvgIpc) is 2.80. The highest BCUT2D eigenvalue weighted by molar-refractivity contribution is 5.77. The zero-order valence-electron chi connectivity index (χ0n) is 11.1. The van der Waals surface area contributed by atoms with Gasteiger partial charge in [0.15, 0.2) is 0 Å². The van der Waals surface area contributed by atoms with Crippen LogP contribution < -0.4 is 0 Å². The summed E-state index contributed by atoms with van der Waals surface area (Å²) in [6.45, 7) is 0.780. The highest BCUT2D eigenvalue weighted by Gasteiger charge is 2.26. The largest absolute Gasteiger partial charge is 0.481 e. The van der Waals surface area contributed by atoms with Gasteiger partial charge in [0.1, 0.15) is 5.82 Å². The van der Waals surface area contributed by atoms with Gasteiger partial charge in [-0.15, -0.1) is 0 Å². The fraction of sp³-hybridized carbons (Fsp3) is 0.467. The van der Waals surface area contributed by atoms with E-state index in [9.17, 15) is 9.18 Å². The van der Waals surface area contributed by atoms with Crippen molar-refractivity contribution >= 4 is 16.9 Å². The van der Waals surface area contributed by atoms with Crippen LogP contribution in [0.3, 0.4) is 0 Å². The summed E-state index contributed by atoms with van der Waals surface area (Å²) in [4.78, 5) is 10.9. The molecule has 0 unspecified atom stereocenters. The van der Waals surface area contributed by atoms with E-state index in [0.717, 1.165) is 43.1 Å². The molecule has 4 nitrogen and oxygen atoms in total. The lowest BCUT2D eigenvalue weighted by atomic mass is 9.82. The fourth-order valence-corrected chi connectivity index (χ4v) is 3.00. The Hall–Kier alpha value is -1.91. The van der Waals surface area contributed by atoms with Crippen molar-refractivity contribution in [2.45, 2.75) is 32.2 Å². The summed E-state index contributed by atoms with van der Waals surface area (Å²) >= 11 is 0. The van der Waals surface area contributed by atoms with Crippen LogP contribution in [0.1, 0.15) is 25.7 Å². The molecule has 2 aromatic rings. The summed E-state index contributed by atoms with van der Waals surface area (Å²) in [7, 11) is 0. The summed E-state index contributed by atoms with van der Waals surface area (Å²) in [5.41, 5.74) is 0.797. The first-order valence-corrected chi connectivity index (χ1v) is 6.97. The van der Waals surface area contributed by atoms with E-state index in [0.29, 0.717) is 5.92 Å². The third-order valence-corrected chi connectivity index (χ3v) is 4.16. The number of nitrogens with zero attached hydrogens (tertiary/aromatic N) is 2. The van der Waals surface area contributed by atoms with E-state index < -0.39 is 5.97 Å². The fourth-order valence-electron chi connectivity index (χ4n) is 3.00. The minimum absolute atomic E-state index is 0.183. The third kappa shape index (κ3) is 2.66. The number of hydrogen-bond donors (Lipinski definition) is 1. The van der Waals surface area contributed by atoms with E-state index in [1.807, 2.05) is 10.9 Å². The SMILES string of the molecule is O=C(O)C1CCC(Cn2cc3cc(F)ccc3n2)CC1. The number of hydrogen-bond acceptors (Lipinski definition) is 2. The zero-order valence-corrected chi connectivity index (χ0v) is 11.1. The molecule has 1 N–H and O–H groups in total. The van der Waals surface area contributed by atoms with Crippen LogP contribution in [-0.4, -0.2) is 20.9 Å². The second-order valence-corrected chi connectivity index (χ2v) is 5.61. The molecule has 0 bridgehead atoms. The Balaban J connectivity index is 1.66. The number of carbonyl (C=O) groups is 1. The van der Waals surface area contributed by atoms with Crippen molar-refractivity contribution < 1.29 is 14.3 Å². The molecular weight excluding hydrogens is 259 g/mol. The van der Waals surface area contributed by atoms with Crippen molar-refractivity contribution in [2.24, 2.45) is 11.8 Å². The molecule has 1 saturated carbocycles. The van der Waals surface area contributed by atoms with Gasteiger partial charge in [-0.1, -0.05) is 0 Å². The molecule has 0 atom stereocenters. The van der Waals surface area contributed by atoms with Gasteiger partial charge in [0, 0.05) is 18.1 Å². The molecule has 106 valence electrons. The number of halogens is 1. The van der Waals surface area contributed by atoms with Crippen molar-refractivity contribution in [3.05, 3.63) is 30.2 Å². The van der Waals surface area contributed by atoms with E-state index in [1.165, 1.54) is 12.1 Å². The number of aromatic nitrogens is 2. The monoisotopic (exact) mass is 276 g/mol. The summed E-state index contributed by atoms with van der Waals surface area (Å²) in [6.07, 6.45) is 5.19. The predicted octanol–water partition coefficient (Wildman–Crippen LogP) is 3.07. The molecule has 5 heteroatoms. The van der Waals surface area contributed by atoms with Crippen LogP contribution in [0.5, 0.6) is 0 Å². The number of benzene rings is 1. The molecule has 0 aliphatic heterocycles. The average molecular weight is 276 g/mol. The Kier molecular flexibility index (Phi) is 3.42. The van der Waals surface area contributed by atoms with Crippen molar-refractivity contribution in [3.8, 4) is 0 Å². The smallest absolute Gasteiger partial charge is 0.306 e. The van der Waals surface area contributed by atoms with Crippen LogP contribution in [0, 0.1) is 17.7 Å². The second-order valence-electron chi connectivity index (χ2n) is 5.61. The molecule has 0 radical (unpaired) electrons. The number of carboxylic acid groups (broad SMARTS) is 1. The van der Waals surface area contributed by atoms with Gasteiger partial charge in [-0.3, -0.25) is 9.48 Å².